The summed E-state index contributed by atoms with van der Waals surface area (Å²) in [6.07, 6.45) is -1.20. The topological polar surface area (TPSA) is 118 Å². The van der Waals surface area contributed by atoms with Crippen molar-refractivity contribution in [2.24, 2.45) is 4.99 Å². The van der Waals surface area contributed by atoms with Crippen LogP contribution in [-0.4, -0.2) is 59.9 Å². The molecule has 15 heteroatoms. The standard InChI is InChI=1S/C19H21ClFN3O7S3/c1-34(27,28)31-19(20)11-29-16(21)15(19)30-14(25)10-32-13-6-4-5-12(9-13)22-17-23-7-2-3-8-24(23)18(26)33-17/h4-6,9,15-16H,2-3,7-8,10-11H2,1H3. The van der Waals surface area contributed by atoms with Gasteiger partial charge in [0, 0.05) is 18.0 Å². The van der Waals surface area contributed by atoms with E-state index in [0.717, 1.165) is 48.7 Å². The summed E-state index contributed by atoms with van der Waals surface area (Å²) in [6.45, 7) is 0.794. The highest BCUT2D eigenvalue weighted by Gasteiger charge is 2.55. The van der Waals surface area contributed by atoms with Crippen LogP contribution >= 0.6 is 34.7 Å². The lowest BCUT2D eigenvalue weighted by Gasteiger charge is -2.25. The second-order valence-corrected chi connectivity index (χ2v) is 11.8. The Morgan fingerprint density at radius 2 is 2.12 bits per heavy atom. The number of rotatable bonds is 7. The molecule has 2 aliphatic rings. The predicted molar refractivity (Wildman–Crippen MR) is 123 cm³/mol. The lowest BCUT2D eigenvalue weighted by Crippen LogP contribution is -2.45. The van der Waals surface area contributed by atoms with Crippen LogP contribution in [-0.2, 0) is 41.7 Å². The number of thioether (sulfide) groups is 1. The van der Waals surface area contributed by atoms with Gasteiger partial charge in [0.25, 0.3) is 10.1 Å². The second-order valence-electron chi connectivity index (χ2n) is 7.65. The van der Waals surface area contributed by atoms with Crippen LogP contribution in [0, 0.1) is 0 Å². The van der Waals surface area contributed by atoms with Gasteiger partial charge in [-0.05, 0) is 42.4 Å². The maximum atomic E-state index is 14.1. The monoisotopic (exact) mass is 553 g/mol. The van der Waals surface area contributed by atoms with Crippen molar-refractivity contribution in [1.29, 1.82) is 0 Å². The number of nitrogens with zero attached hydrogens (tertiary/aromatic N) is 3. The summed E-state index contributed by atoms with van der Waals surface area (Å²) in [7, 11) is -4.06. The number of benzene rings is 1. The van der Waals surface area contributed by atoms with E-state index < -0.39 is 40.2 Å². The van der Waals surface area contributed by atoms with Crippen LogP contribution in [0.4, 0.5) is 10.1 Å². The summed E-state index contributed by atoms with van der Waals surface area (Å²) in [4.78, 5) is 30.3. The van der Waals surface area contributed by atoms with E-state index in [1.807, 2.05) is 4.68 Å². The fraction of sp³-hybridized carbons (Fsp3) is 0.526. The highest BCUT2D eigenvalue weighted by molar-refractivity contribution is 8.00. The summed E-state index contributed by atoms with van der Waals surface area (Å²) < 4.78 is 54.9. The molecule has 3 unspecified atom stereocenters. The van der Waals surface area contributed by atoms with Crippen LogP contribution < -0.4 is 9.67 Å². The molecule has 0 amide bonds. The van der Waals surface area contributed by atoms with Crippen LogP contribution in [0.2, 0.25) is 0 Å². The van der Waals surface area contributed by atoms with E-state index in [4.69, 9.17) is 25.3 Å². The Bertz CT molecular complexity index is 1310. The molecule has 0 radical (unpaired) electrons. The highest BCUT2D eigenvalue weighted by Crippen LogP contribution is 2.37. The minimum Gasteiger partial charge on any atom is -0.451 e. The van der Waals surface area contributed by atoms with Crippen molar-refractivity contribution in [3.63, 3.8) is 0 Å². The van der Waals surface area contributed by atoms with Crippen molar-refractivity contribution < 1.29 is 31.3 Å². The third-order valence-corrected chi connectivity index (χ3v) is 7.87. The van der Waals surface area contributed by atoms with Gasteiger partial charge in [-0.25, -0.2) is 18.2 Å². The zero-order chi connectivity index (χ0) is 24.5. The number of aromatic nitrogens is 2. The smallest absolute Gasteiger partial charge is 0.325 e. The molecule has 3 heterocycles. The van der Waals surface area contributed by atoms with E-state index in [1.165, 1.54) is 0 Å². The number of hydrogen-bond acceptors (Lipinski definition) is 10. The van der Waals surface area contributed by atoms with Crippen molar-refractivity contribution in [3.8, 4) is 0 Å². The van der Waals surface area contributed by atoms with Gasteiger partial charge in [0.15, 0.2) is 0 Å². The van der Waals surface area contributed by atoms with Gasteiger partial charge in [0.05, 0.1) is 24.3 Å². The molecule has 3 atom stereocenters. The minimum atomic E-state index is -4.06. The van der Waals surface area contributed by atoms with Crippen molar-refractivity contribution >= 4 is 56.5 Å². The molecule has 0 bridgehead atoms. The maximum absolute atomic E-state index is 14.1. The largest absolute Gasteiger partial charge is 0.451 e. The quantitative estimate of drug-likeness (QED) is 0.221. The molecule has 34 heavy (non-hydrogen) atoms. The van der Waals surface area contributed by atoms with Gasteiger partial charge >= 0.3 is 10.8 Å². The number of fused-ring (bicyclic) bond motifs is 1. The predicted octanol–water partition coefficient (Wildman–Crippen LogP) is 1.98. The van der Waals surface area contributed by atoms with Crippen LogP contribution in [0.3, 0.4) is 0 Å². The summed E-state index contributed by atoms with van der Waals surface area (Å²) in [5, 5.41) is -2.18. The Hall–Kier alpha value is -1.71. The average molecular weight is 554 g/mol. The van der Waals surface area contributed by atoms with Gasteiger partial charge in [-0.3, -0.25) is 14.3 Å². The average Bonchev–Trinajstić information content (AvgIpc) is 3.22. The third kappa shape index (κ3) is 5.91. The summed E-state index contributed by atoms with van der Waals surface area (Å²) in [5.41, 5.74) is 0.607. The minimum absolute atomic E-state index is 0.0518. The molecule has 2 aromatic rings. The first-order valence-corrected chi connectivity index (χ1v) is 14.2. The molecular weight excluding hydrogens is 533 g/mol. The Morgan fingerprint density at radius 3 is 2.85 bits per heavy atom. The molecule has 0 aliphatic carbocycles. The molecule has 1 fully saturated rings. The van der Waals surface area contributed by atoms with E-state index in [0.29, 0.717) is 21.9 Å². The summed E-state index contributed by atoms with van der Waals surface area (Å²) in [5.74, 6) is -1.04. The number of carbonyl (C=O) groups is 1. The van der Waals surface area contributed by atoms with Gasteiger partial charge in [0.1, 0.15) is 0 Å². The first-order chi connectivity index (χ1) is 16.0. The van der Waals surface area contributed by atoms with E-state index in [2.05, 4.69) is 4.99 Å². The third-order valence-electron chi connectivity index (χ3n) is 4.94. The number of esters is 1. The van der Waals surface area contributed by atoms with Gasteiger partial charge in [-0.15, -0.1) is 11.8 Å². The Morgan fingerprint density at radius 1 is 1.38 bits per heavy atom. The Kier molecular flexibility index (Phi) is 7.55. The molecule has 0 saturated carbocycles. The normalized spacial score (nSPS) is 25.3. The molecule has 2 aliphatic heterocycles. The highest BCUT2D eigenvalue weighted by atomic mass is 35.5. The van der Waals surface area contributed by atoms with E-state index >= 15 is 0 Å². The summed E-state index contributed by atoms with van der Waals surface area (Å²) in [6, 6.07) is 7.05. The first kappa shape index (κ1) is 25.4. The van der Waals surface area contributed by atoms with Crippen LogP contribution in [0.1, 0.15) is 12.8 Å². The molecule has 1 saturated heterocycles. The Balaban J connectivity index is 1.42. The van der Waals surface area contributed by atoms with E-state index in [-0.39, 0.29) is 10.6 Å². The Labute approximate surface area is 207 Å². The molecule has 10 nitrogen and oxygen atoms in total. The molecule has 1 aromatic heterocycles. The molecule has 0 N–H and O–H groups in total. The second kappa shape index (κ2) is 10.1. The first-order valence-electron chi connectivity index (χ1n) is 10.2. The number of hydrogen-bond donors (Lipinski definition) is 0. The lowest BCUT2D eigenvalue weighted by molar-refractivity contribution is -0.159. The van der Waals surface area contributed by atoms with Crippen molar-refractivity contribution in [2.75, 3.05) is 18.6 Å². The maximum Gasteiger partial charge on any atom is 0.325 e. The van der Waals surface area contributed by atoms with Crippen LogP contribution in [0.25, 0.3) is 0 Å². The van der Waals surface area contributed by atoms with Gasteiger partial charge in [-0.2, -0.15) is 8.42 Å². The van der Waals surface area contributed by atoms with Crippen molar-refractivity contribution in [3.05, 3.63) is 38.7 Å². The van der Waals surface area contributed by atoms with Gasteiger partial charge in [-0.1, -0.05) is 17.7 Å². The van der Waals surface area contributed by atoms with Gasteiger partial charge in [0.2, 0.25) is 22.3 Å². The van der Waals surface area contributed by atoms with Crippen LogP contribution in [0.15, 0.2) is 38.9 Å². The molecule has 186 valence electrons. The SMILES string of the molecule is CS(=O)(=O)OC1(Cl)COC(F)C1OC(=O)CSc1cccc(N=c2sc(=O)n3n2CCCC3)c1. The number of halogens is 2. The molecule has 4 rings (SSSR count). The number of alkyl halides is 2. The number of carbonyl (C=O) groups excluding carboxylic acids is 1. The van der Waals surface area contributed by atoms with Crippen molar-refractivity contribution in [2.45, 2.75) is 48.3 Å². The molecule has 1 aromatic carbocycles. The lowest BCUT2D eigenvalue weighted by atomic mass is 10.2. The fourth-order valence-electron chi connectivity index (χ4n) is 3.51. The van der Waals surface area contributed by atoms with E-state index in [1.54, 1.807) is 28.9 Å². The van der Waals surface area contributed by atoms with Crippen LogP contribution in [0.5, 0.6) is 0 Å². The number of ether oxygens (including phenoxy) is 2. The fourth-order valence-corrected chi connectivity index (χ4v) is 6.34. The van der Waals surface area contributed by atoms with Gasteiger partial charge < -0.3 is 9.47 Å². The summed E-state index contributed by atoms with van der Waals surface area (Å²) >= 11 is 8.23. The molecular formula is C19H21ClFN3O7S3. The zero-order valence-electron chi connectivity index (χ0n) is 17.9. The zero-order valence-corrected chi connectivity index (χ0v) is 21.1. The van der Waals surface area contributed by atoms with E-state index in [9.17, 15) is 22.4 Å². The molecule has 0 spiro atoms. The van der Waals surface area contributed by atoms with Crippen molar-refractivity contribution in [1.82, 2.24) is 9.36 Å².